The third-order valence-electron chi connectivity index (χ3n) is 6.91. The third-order valence-corrected chi connectivity index (χ3v) is 38.4. The quantitative estimate of drug-likeness (QED) is 0.324. The molecule has 23 heavy (non-hydrogen) atoms. The summed E-state index contributed by atoms with van der Waals surface area (Å²) in [6, 6.07) is 0. The SMILES string of the molecule is CCC[CH2][Sn]([CH2]CCC)([CH2]CCC)[C@@]1([Si](C)(C)C)C[C@H]1[C@@H](C)O. The molecule has 0 heterocycles. The molecule has 0 radical (unpaired) electrons. The average molecular weight is 447 g/mol. The Morgan fingerprint density at radius 3 is 1.57 bits per heavy atom. The first-order chi connectivity index (χ1) is 10.7. The predicted molar refractivity (Wildman–Crippen MR) is 111 cm³/mol. The Labute approximate surface area is 151 Å². The summed E-state index contributed by atoms with van der Waals surface area (Å²) in [5.74, 6) is 0.663. The average Bonchev–Trinajstić information content (AvgIpc) is 3.24. The van der Waals surface area contributed by atoms with Gasteiger partial charge < -0.3 is 0 Å². The molecule has 1 fully saturated rings. The molecule has 1 rings (SSSR count). The molecular formula is C20H44OSiSn. The van der Waals surface area contributed by atoms with Crippen LogP contribution in [0.5, 0.6) is 0 Å². The Kier molecular flexibility index (Phi) is 8.68. The first kappa shape index (κ1) is 22.0. The van der Waals surface area contributed by atoms with Crippen molar-refractivity contribution in [3.63, 3.8) is 0 Å². The zero-order valence-electron chi connectivity index (χ0n) is 17.2. The van der Waals surface area contributed by atoms with Crippen LogP contribution in [0, 0.1) is 5.92 Å². The van der Waals surface area contributed by atoms with E-state index in [1.807, 2.05) is 0 Å². The van der Waals surface area contributed by atoms with Crippen molar-refractivity contribution in [3.05, 3.63) is 0 Å². The van der Waals surface area contributed by atoms with E-state index in [1.54, 1.807) is 13.3 Å². The van der Waals surface area contributed by atoms with E-state index >= 15 is 0 Å². The molecule has 0 unspecified atom stereocenters. The molecule has 3 atom stereocenters. The molecule has 1 aliphatic rings. The van der Waals surface area contributed by atoms with Crippen LogP contribution in [-0.2, 0) is 0 Å². The third kappa shape index (κ3) is 4.58. The summed E-state index contributed by atoms with van der Waals surface area (Å²) in [5.41, 5.74) is 0. The van der Waals surface area contributed by atoms with Crippen molar-refractivity contribution in [3.8, 4) is 0 Å². The van der Waals surface area contributed by atoms with Gasteiger partial charge in [0.1, 0.15) is 0 Å². The second-order valence-electron chi connectivity index (χ2n) is 9.36. The van der Waals surface area contributed by atoms with Gasteiger partial charge in [0.25, 0.3) is 0 Å². The molecule has 1 saturated carbocycles. The first-order valence-electron chi connectivity index (χ1n) is 10.4. The molecule has 0 aliphatic heterocycles. The maximum atomic E-state index is 10.5. The van der Waals surface area contributed by atoms with Crippen LogP contribution in [0.4, 0.5) is 0 Å². The molecule has 1 N–H and O–H groups in total. The number of aliphatic hydroxyl groups excluding tert-OH is 1. The predicted octanol–water partition coefficient (Wildman–Crippen LogP) is 6.85. The van der Waals surface area contributed by atoms with Crippen LogP contribution in [0.15, 0.2) is 0 Å². The van der Waals surface area contributed by atoms with Crippen LogP contribution in [0.3, 0.4) is 0 Å². The number of aliphatic hydroxyl groups is 1. The fourth-order valence-electron chi connectivity index (χ4n) is 5.73. The van der Waals surface area contributed by atoms with Gasteiger partial charge in [-0.25, -0.2) is 0 Å². The molecule has 1 nitrogen and oxygen atoms in total. The summed E-state index contributed by atoms with van der Waals surface area (Å²) in [4.78, 5) is 0. The van der Waals surface area contributed by atoms with Crippen molar-refractivity contribution < 1.29 is 5.11 Å². The van der Waals surface area contributed by atoms with E-state index in [4.69, 9.17) is 0 Å². The van der Waals surface area contributed by atoms with Gasteiger partial charge in [0.15, 0.2) is 0 Å². The van der Waals surface area contributed by atoms with Crippen molar-refractivity contribution in [2.24, 2.45) is 5.92 Å². The first-order valence-corrected chi connectivity index (χ1v) is 21.4. The van der Waals surface area contributed by atoms with Crippen LogP contribution >= 0.6 is 0 Å². The fraction of sp³-hybridized carbons (Fsp3) is 1.00. The topological polar surface area (TPSA) is 20.2 Å². The van der Waals surface area contributed by atoms with Gasteiger partial charge in [-0.05, 0) is 0 Å². The van der Waals surface area contributed by atoms with Crippen molar-refractivity contribution in [1.82, 2.24) is 0 Å². The van der Waals surface area contributed by atoms with Gasteiger partial charge in [-0.3, -0.25) is 0 Å². The van der Waals surface area contributed by atoms with E-state index in [-0.39, 0.29) is 6.10 Å². The molecule has 1 aliphatic carbocycles. The second-order valence-corrected chi connectivity index (χ2v) is 30.3. The van der Waals surface area contributed by atoms with E-state index in [9.17, 15) is 5.11 Å². The molecule has 0 aromatic heterocycles. The number of unbranched alkanes of at least 4 members (excludes halogenated alkanes) is 3. The molecule has 0 aromatic rings. The van der Waals surface area contributed by atoms with Gasteiger partial charge in [0.05, 0.1) is 0 Å². The fourth-order valence-corrected chi connectivity index (χ4v) is 45.2. The molecule has 0 aromatic carbocycles. The van der Waals surface area contributed by atoms with Crippen LogP contribution in [-0.4, -0.2) is 37.7 Å². The summed E-state index contributed by atoms with van der Waals surface area (Å²) in [5, 5.41) is 10.5. The minimum absolute atomic E-state index is 0.0670. The zero-order valence-corrected chi connectivity index (χ0v) is 21.0. The Morgan fingerprint density at radius 1 is 0.957 bits per heavy atom. The van der Waals surface area contributed by atoms with E-state index in [0.29, 0.717) is 8.97 Å². The molecule has 0 spiro atoms. The monoisotopic (exact) mass is 448 g/mol. The Hall–Kier alpha value is 0.976. The van der Waals surface area contributed by atoms with Crippen LogP contribution < -0.4 is 0 Å². The van der Waals surface area contributed by atoms with Gasteiger partial charge in [0.2, 0.25) is 0 Å². The van der Waals surface area contributed by atoms with Crippen LogP contribution in [0.1, 0.15) is 72.6 Å². The van der Waals surface area contributed by atoms with Gasteiger partial charge in [0, 0.05) is 0 Å². The molecule has 0 amide bonds. The summed E-state index contributed by atoms with van der Waals surface area (Å²) >= 11 is -2.27. The summed E-state index contributed by atoms with van der Waals surface area (Å²) in [6.45, 7) is 17.1. The minimum atomic E-state index is -2.27. The molecule has 3 heteroatoms. The van der Waals surface area contributed by atoms with E-state index in [0.717, 1.165) is 0 Å². The Balaban J connectivity index is 3.25. The summed E-state index contributed by atoms with van der Waals surface area (Å²) < 4.78 is 5.52. The van der Waals surface area contributed by atoms with Crippen molar-refractivity contribution in [2.45, 2.75) is 115 Å². The maximum absolute atomic E-state index is 10.5. The Morgan fingerprint density at radius 2 is 1.35 bits per heavy atom. The molecule has 0 bridgehead atoms. The number of hydrogen-bond donors (Lipinski definition) is 1. The van der Waals surface area contributed by atoms with Gasteiger partial charge >= 0.3 is 152 Å². The van der Waals surface area contributed by atoms with E-state index < -0.39 is 26.5 Å². The van der Waals surface area contributed by atoms with Crippen LogP contribution in [0.2, 0.25) is 36.0 Å². The van der Waals surface area contributed by atoms with Gasteiger partial charge in [-0.2, -0.15) is 0 Å². The van der Waals surface area contributed by atoms with Gasteiger partial charge in [-0.15, -0.1) is 0 Å². The normalized spacial score (nSPS) is 26.3. The van der Waals surface area contributed by atoms with Gasteiger partial charge in [-0.1, -0.05) is 0 Å². The van der Waals surface area contributed by atoms with Crippen LogP contribution in [0.25, 0.3) is 0 Å². The van der Waals surface area contributed by atoms with Crippen molar-refractivity contribution in [1.29, 1.82) is 0 Å². The molecule has 138 valence electrons. The number of hydrogen-bond acceptors (Lipinski definition) is 1. The molecule has 0 saturated heterocycles. The standard InChI is InChI=1S/C8H17OSi.3C4H9.Sn/c1-6(9)7-5-8(7)10(2,3)4;3*1-3-4-2;/h6-7,9H,5H2,1-4H3;3*1,3-4H2,2H3;/t6-,7+;;;;/m1..../s1. The van der Waals surface area contributed by atoms with E-state index in [1.165, 1.54) is 44.9 Å². The molecular weight excluding hydrogens is 403 g/mol. The van der Waals surface area contributed by atoms with Crippen molar-refractivity contribution in [2.75, 3.05) is 0 Å². The van der Waals surface area contributed by atoms with E-state index in [2.05, 4.69) is 47.3 Å². The van der Waals surface area contributed by atoms with Crippen molar-refractivity contribution >= 4 is 26.5 Å². The number of rotatable bonds is 12. The second kappa shape index (κ2) is 9.07. The summed E-state index contributed by atoms with van der Waals surface area (Å²) in [7, 11) is -1.25. The Bertz CT molecular complexity index is 328. The zero-order chi connectivity index (χ0) is 17.7. The summed E-state index contributed by atoms with van der Waals surface area (Å²) in [6.07, 6.45) is 9.79.